The van der Waals surface area contributed by atoms with Crippen molar-refractivity contribution in [3.63, 3.8) is 0 Å². The Hall–Kier alpha value is -2.70. The number of hydrogen-bond acceptors (Lipinski definition) is 4. The lowest BCUT2D eigenvalue weighted by atomic mass is 9.95. The summed E-state index contributed by atoms with van der Waals surface area (Å²) >= 11 is 0. The van der Waals surface area contributed by atoms with Gasteiger partial charge in [0.1, 0.15) is 19.3 Å². The van der Waals surface area contributed by atoms with Gasteiger partial charge in [-0.05, 0) is 30.0 Å². The number of carbonyl (C=O) groups is 2. The average Bonchev–Trinajstić information content (AvgIpc) is 3.13. The lowest BCUT2D eigenvalue weighted by Gasteiger charge is -2.48. The van der Waals surface area contributed by atoms with Gasteiger partial charge in [0.15, 0.2) is 11.9 Å². The van der Waals surface area contributed by atoms with Gasteiger partial charge in [-0.1, -0.05) is 94.5 Å². The number of amides is 1. The average molecular weight is 480 g/mol. The lowest BCUT2D eigenvalue weighted by Crippen LogP contribution is -2.63. The van der Waals surface area contributed by atoms with Crippen LogP contribution < -0.4 is 0 Å². The molecule has 34 heavy (non-hydrogen) atoms. The molecule has 182 valence electrons. The molecule has 3 rings (SSSR count). The van der Waals surface area contributed by atoms with E-state index >= 15 is 0 Å². The molecule has 1 saturated heterocycles. The summed E-state index contributed by atoms with van der Waals surface area (Å²) in [6.45, 7) is 15.1. The third-order valence-corrected chi connectivity index (χ3v) is 14.2. The molecule has 2 aromatic rings. The van der Waals surface area contributed by atoms with Gasteiger partial charge in [0.2, 0.25) is 0 Å². The van der Waals surface area contributed by atoms with Crippen molar-refractivity contribution < 1.29 is 19.1 Å². The molecule has 1 amide bonds. The zero-order valence-corrected chi connectivity index (χ0v) is 22.4. The highest BCUT2D eigenvalue weighted by Crippen LogP contribution is 2.46. The first-order valence-corrected chi connectivity index (χ1v) is 14.9. The van der Waals surface area contributed by atoms with Crippen molar-refractivity contribution in [2.24, 2.45) is 0 Å². The zero-order valence-electron chi connectivity index (χ0n) is 21.4. The number of benzene rings is 2. The van der Waals surface area contributed by atoms with E-state index in [1.54, 1.807) is 6.20 Å². The number of rotatable bonds is 8. The molecule has 5 nitrogen and oxygen atoms in total. The third-order valence-electron chi connectivity index (χ3n) is 7.65. The predicted octanol–water partition coefficient (Wildman–Crippen LogP) is 6.85. The fraction of sp³-hybridized carbons (Fsp3) is 0.429. The molecule has 1 heterocycles. The van der Waals surface area contributed by atoms with Crippen molar-refractivity contribution in [3.05, 3.63) is 84.1 Å². The van der Waals surface area contributed by atoms with Gasteiger partial charge >= 0.3 is 6.09 Å². The Morgan fingerprint density at radius 2 is 1.53 bits per heavy atom. The van der Waals surface area contributed by atoms with Crippen LogP contribution in [0.2, 0.25) is 18.1 Å². The van der Waals surface area contributed by atoms with Crippen LogP contribution in [0.4, 0.5) is 4.79 Å². The zero-order chi connectivity index (χ0) is 25.1. The molecule has 0 aliphatic carbocycles. The molecular formula is C28H37NO4Si. The number of nitrogens with zero attached hydrogens (tertiary/aromatic N) is 1. The second kappa shape index (κ2) is 9.88. The van der Waals surface area contributed by atoms with Gasteiger partial charge in [-0.25, -0.2) is 4.79 Å². The monoisotopic (exact) mass is 479 g/mol. The topological polar surface area (TPSA) is 55.8 Å². The first-order valence-electron chi connectivity index (χ1n) is 11.9. The Balaban J connectivity index is 1.99. The van der Waals surface area contributed by atoms with Gasteiger partial charge in [0.25, 0.3) is 0 Å². The van der Waals surface area contributed by atoms with Crippen LogP contribution in [-0.4, -0.2) is 36.7 Å². The Bertz CT molecular complexity index is 1030. The van der Waals surface area contributed by atoms with E-state index in [0.717, 1.165) is 11.1 Å². The summed E-state index contributed by atoms with van der Waals surface area (Å²) in [4.78, 5) is 28.2. The Morgan fingerprint density at radius 1 is 1.00 bits per heavy atom. The molecule has 2 aromatic carbocycles. The molecule has 0 radical (unpaired) electrons. The lowest BCUT2D eigenvalue weighted by molar-refractivity contribution is -0.129. The highest BCUT2D eigenvalue weighted by Gasteiger charge is 2.55. The maximum Gasteiger partial charge on any atom is 0.415 e. The van der Waals surface area contributed by atoms with Crippen LogP contribution in [0.15, 0.2) is 72.9 Å². The van der Waals surface area contributed by atoms with E-state index in [4.69, 9.17) is 9.47 Å². The van der Waals surface area contributed by atoms with Gasteiger partial charge in [-0.3, -0.25) is 9.69 Å². The maximum absolute atomic E-state index is 13.7. The van der Waals surface area contributed by atoms with Crippen molar-refractivity contribution >= 4 is 20.0 Å². The van der Waals surface area contributed by atoms with Crippen LogP contribution in [0, 0.1) is 0 Å². The van der Waals surface area contributed by atoms with Gasteiger partial charge in [-0.15, -0.1) is 0 Å². The van der Waals surface area contributed by atoms with Crippen molar-refractivity contribution in [2.75, 3.05) is 6.61 Å². The number of ketones is 1. The Labute approximate surface area is 204 Å². The molecule has 1 unspecified atom stereocenters. The summed E-state index contributed by atoms with van der Waals surface area (Å²) in [5.41, 5.74) is 1.85. The molecule has 0 N–H and O–H groups in total. The molecule has 1 fully saturated rings. The number of cyclic esters (lactones) is 1. The molecular weight excluding hydrogens is 442 g/mol. The molecule has 0 bridgehead atoms. The molecule has 1 aliphatic rings. The summed E-state index contributed by atoms with van der Waals surface area (Å²) in [6.07, 6.45) is 2.13. The van der Waals surface area contributed by atoms with Crippen LogP contribution in [0.1, 0.15) is 57.9 Å². The van der Waals surface area contributed by atoms with Crippen LogP contribution in [0.25, 0.3) is 0 Å². The van der Waals surface area contributed by atoms with Crippen molar-refractivity contribution in [1.29, 1.82) is 0 Å². The van der Waals surface area contributed by atoms with Crippen LogP contribution in [-0.2, 0) is 14.3 Å². The summed E-state index contributed by atoms with van der Waals surface area (Å²) in [5, 5.41) is -0.987. The van der Waals surface area contributed by atoms with Gasteiger partial charge in [0, 0.05) is 18.9 Å². The molecule has 0 spiro atoms. The Morgan fingerprint density at radius 3 is 2.03 bits per heavy atom. The highest BCUT2D eigenvalue weighted by molar-refractivity contribution is 6.86. The summed E-state index contributed by atoms with van der Waals surface area (Å²) in [5.74, 6) is -0.122. The quantitative estimate of drug-likeness (QED) is 0.307. The largest absolute Gasteiger partial charge is 0.438 e. The minimum atomic E-state index is -2.24. The van der Waals surface area contributed by atoms with Crippen molar-refractivity contribution in [2.45, 2.75) is 70.1 Å². The molecule has 3 atom stereocenters. The summed E-state index contributed by atoms with van der Waals surface area (Å²) in [6, 6.07) is 19.1. The molecule has 6 heteroatoms. The maximum atomic E-state index is 13.7. The fourth-order valence-electron chi connectivity index (χ4n) is 4.40. The van der Waals surface area contributed by atoms with E-state index < -0.39 is 25.5 Å². The molecule has 0 saturated carbocycles. The van der Waals surface area contributed by atoms with Gasteiger partial charge < -0.3 is 9.47 Å². The van der Waals surface area contributed by atoms with Crippen LogP contribution in [0.3, 0.4) is 0 Å². The van der Waals surface area contributed by atoms with Gasteiger partial charge in [-0.2, -0.15) is 0 Å². The smallest absolute Gasteiger partial charge is 0.415 e. The number of hydrogen-bond donors (Lipinski definition) is 0. The standard InChI is InChI=1S/C28H37NO4Si/c1-8-32-28(5,34(6,7)27(2,3)4)23(30)19-20-29-24(21-15-11-9-12-16-21)25(33-26(29)31)22-17-13-10-14-18-22/h9-20,24-25H,8H2,1-7H3/b20-19+/t24-,25+,28?/m1/s1. The van der Waals surface area contributed by atoms with E-state index in [9.17, 15) is 9.59 Å². The Kier molecular flexibility index (Phi) is 7.53. The van der Waals surface area contributed by atoms with E-state index in [2.05, 4.69) is 33.9 Å². The van der Waals surface area contributed by atoms with E-state index in [1.165, 1.54) is 11.0 Å². The molecule has 0 aromatic heterocycles. The second-order valence-electron chi connectivity index (χ2n) is 10.5. The number of carbonyl (C=O) groups excluding carboxylic acids is 2. The van der Waals surface area contributed by atoms with Crippen molar-refractivity contribution in [1.82, 2.24) is 4.90 Å². The molecule has 1 aliphatic heterocycles. The normalized spacial score (nSPS) is 20.9. The third kappa shape index (κ3) is 4.75. The predicted molar refractivity (Wildman–Crippen MR) is 138 cm³/mol. The van der Waals surface area contributed by atoms with E-state index in [-0.39, 0.29) is 16.9 Å². The summed E-state index contributed by atoms with van der Waals surface area (Å²) in [7, 11) is -2.24. The minimum Gasteiger partial charge on any atom is -0.438 e. The van der Waals surface area contributed by atoms with Gasteiger partial charge in [0.05, 0.1) is 0 Å². The van der Waals surface area contributed by atoms with Crippen LogP contribution >= 0.6 is 0 Å². The second-order valence-corrected chi connectivity index (χ2v) is 16.2. The highest BCUT2D eigenvalue weighted by atomic mass is 28.3. The SMILES string of the molecule is CCOC(C)(C(=O)/C=C/N1C(=O)O[C@@H](c2ccccc2)[C@H]1c1ccccc1)[Si](C)(C)C(C)(C)C. The van der Waals surface area contributed by atoms with E-state index in [1.807, 2.05) is 74.5 Å². The first-order chi connectivity index (χ1) is 15.9. The van der Waals surface area contributed by atoms with E-state index in [0.29, 0.717) is 6.61 Å². The fourth-order valence-corrected chi connectivity index (χ4v) is 7.03. The first kappa shape index (κ1) is 25.9. The number of ether oxygens (including phenoxy) is 2. The van der Waals surface area contributed by atoms with Crippen LogP contribution in [0.5, 0.6) is 0 Å². The van der Waals surface area contributed by atoms with Crippen molar-refractivity contribution in [3.8, 4) is 0 Å². The summed E-state index contributed by atoms with van der Waals surface area (Å²) < 4.78 is 12.0. The minimum absolute atomic E-state index is 0.0576.